The first-order valence-corrected chi connectivity index (χ1v) is 9.61. The lowest BCUT2D eigenvalue weighted by atomic mass is 9.89. The number of likely N-dealkylation sites (N-methyl/N-ethyl adjacent to an activating group) is 1. The van der Waals surface area contributed by atoms with Crippen molar-refractivity contribution in [1.29, 1.82) is 0 Å². The normalized spacial score (nSPS) is 23.1. The molecule has 2 aliphatic heterocycles. The van der Waals surface area contributed by atoms with Crippen molar-refractivity contribution >= 4 is 11.6 Å². The zero-order valence-corrected chi connectivity index (χ0v) is 15.9. The van der Waals surface area contributed by atoms with Crippen molar-refractivity contribution in [2.45, 2.75) is 32.4 Å². The summed E-state index contributed by atoms with van der Waals surface area (Å²) in [4.78, 5) is 7.11. The van der Waals surface area contributed by atoms with Crippen molar-refractivity contribution in [2.75, 3.05) is 46.3 Å². The maximum Gasteiger partial charge on any atom is 0.149 e. The van der Waals surface area contributed by atoms with Crippen LogP contribution < -0.4 is 0 Å². The van der Waals surface area contributed by atoms with Gasteiger partial charge < -0.3 is 4.90 Å². The van der Waals surface area contributed by atoms with Gasteiger partial charge in [0, 0.05) is 44.3 Å². The Kier molecular flexibility index (Phi) is 6.31. The predicted molar refractivity (Wildman–Crippen MR) is 97.9 cm³/mol. The number of hydrogen-bond donors (Lipinski definition) is 0. The highest BCUT2D eigenvalue weighted by Gasteiger charge is 2.29. The molecule has 2 fully saturated rings. The Morgan fingerprint density at radius 3 is 2.36 bits per heavy atom. The molecule has 0 N–H and O–H groups in total. The molecule has 0 radical (unpaired) electrons. The van der Waals surface area contributed by atoms with E-state index in [1.54, 1.807) is 0 Å². The highest BCUT2D eigenvalue weighted by molar-refractivity contribution is 6.30. The molecule has 0 amide bonds. The molecule has 3 rings (SSSR count). The number of piperidine rings is 1. The molecule has 2 saturated heterocycles. The molecule has 2 heterocycles. The second-order valence-electron chi connectivity index (χ2n) is 7.52. The lowest BCUT2D eigenvalue weighted by molar-refractivity contribution is 0.0594. The summed E-state index contributed by atoms with van der Waals surface area (Å²) in [5, 5.41) is -0.00465. The number of rotatable bonds is 4. The van der Waals surface area contributed by atoms with Crippen LogP contribution in [-0.4, -0.2) is 67.1 Å². The fraction of sp³-hybridized carbons (Fsp3) is 0.684. The highest BCUT2D eigenvalue weighted by atomic mass is 35.5. The minimum absolute atomic E-state index is 0.00465. The van der Waals surface area contributed by atoms with Gasteiger partial charge in [0.2, 0.25) is 0 Å². The first-order valence-electron chi connectivity index (χ1n) is 9.23. The van der Waals surface area contributed by atoms with Gasteiger partial charge in [-0.15, -0.1) is 0 Å². The van der Waals surface area contributed by atoms with Crippen LogP contribution in [-0.2, 0) is 6.54 Å². The van der Waals surface area contributed by atoms with Crippen LogP contribution in [0, 0.1) is 17.6 Å². The Hall–Kier alpha value is -0.750. The molecule has 3 nitrogen and oxygen atoms in total. The SMILES string of the molecule is C[C@@H](C1CCN(Cc2c(F)ccc(Cl)c2F)CC1)N1CCN(C)CC1. The molecule has 1 aromatic carbocycles. The molecular formula is C19H28ClF2N3. The Morgan fingerprint density at radius 1 is 1.08 bits per heavy atom. The van der Waals surface area contributed by atoms with Gasteiger partial charge in [-0.25, -0.2) is 8.78 Å². The van der Waals surface area contributed by atoms with Gasteiger partial charge in [0.1, 0.15) is 11.6 Å². The third-order valence-corrected chi connectivity index (χ3v) is 6.24. The summed E-state index contributed by atoms with van der Waals surface area (Å²) >= 11 is 5.80. The Balaban J connectivity index is 1.53. The summed E-state index contributed by atoms with van der Waals surface area (Å²) in [6, 6.07) is 3.11. The number of hydrogen-bond acceptors (Lipinski definition) is 3. The second-order valence-corrected chi connectivity index (χ2v) is 7.92. The Bertz CT molecular complexity index is 582. The Labute approximate surface area is 154 Å². The van der Waals surface area contributed by atoms with Crippen LogP contribution in [0.15, 0.2) is 12.1 Å². The molecule has 0 aliphatic carbocycles. The van der Waals surface area contributed by atoms with E-state index in [0.29, 0.717) is 18.5 Å². The standard InChI is InChI=1S/C19H28ClF2N3/c1-14(25-11-9-23(2)10-12-25)15-5-7-24(8-6-15)13-16-18(21)4-3-17(20)19(16)22/h3-4,14-15H,5-13H2,1-2H3/t14-/m0/s1. The maximum absolute atomic E-state index is 14.1. The van der Waals surface area contributed by atoms with E-state index in [9.17, 15) is 8.78 Å². The van der Waals surface area contributed by atoms with Crippen LogP contribution in [0.3, 0.4) is 0 Å². The van der Waals surface area contributed by atoms with Crippen molar-refractivity contribution in [3.05, 3.63) is 34.4 Å². The monoisotopic (exact) mass is 371 g/mol. The van der Waals surface area contributed by atoms with E-state index in [2.05, 4.69) is 28.7 Å². The van der Waals surface area contributed by atoms with E-state index in [1.807, 2.05) is 0 Å². The summed E-state index contributed by atoms with van der Waals surface area (Å²) in [7, 11) is 2.18. The molecule has 1 atom stereocenters. The van der Waals surface area contributed by atoms with Crippen LogP contribution in [0.2, 0.25) is 5.02 Å². The molecule has 1 aromatic rings. The highest BCUT2D eigenvalue weighted by Crippen LogP contribution is 2.28. The first kappa shape index (κ1) is 19.0. The molecule has 0 spiro atoms. The van der Waals surface area contributed by atoms with Crippen molar-refractivity contribution in [1.82, 2.24) is 14.7 Å². The van der Waals surface area contributed by atoms with Crippen LogP contribution in [0.5, 0.6) is 0 Å². The van der Waals surface area contributed by atoms with Gasteiger partial charge in [-0.3, -0.25) is 9.80 Å². The number of benzene rings is 1. The van der Waals surface area contributed by atoms with Gasteiger partial charge in [-0.05, 0) is 58.0 Å². The van der Waals surface area contributed by atoms with Crippen LogP contribution in [0.4, 0.5) is 8.78 Å². The van der Waals surface area contributed by atoms with Gasteiger partial charge in [0.15, 0.2) is 0 Å². The van der Waals surface area contributed by atoms with Gasteiger partial charge in [0.25, 0.3) is 0 Å². The van der Waals surface area contributed by atoms with E-state index in [0.717, 1.165) is 52.1 Å². The molecule has 140 valence electrons. The van der Waals surface area contributed by atoms with Crippen molar-refractivity contribution in [3.63, 3.8) is 0 Å². The van der Waals surface area contributed by atoms with Crippen LogP contribution in [0.25, 0.3) is 0 Å². The van der Waals surface area contributed by atoms with Crippen LogP contribution >= 0.6 is 11.6 Å². The van der Waals surface area contributed by atoms with E-state index >= 15 is 0 Å². The molecule has 0 unspecified atom stereocenters. The topological polar surface area (TPSA) is 9.72 Å². The third kappa shape index (κ3) is 4.51. The molecule has 0 bridgehead atoms. The van der Waals surface area contributed by atoms with E-state index in [4.69, 9.17) is 11.6 Å². The summed E-state index contributed by atoms with van der Waals surface area (Å²) < 4.78 is 28.0. The van der Waals surface area contributed by atoms with E-state index in [-0.39, 0.29) is 10.6 Å². The molecule has 25 heavy (non-hydrogen) atoms. The maximum atomic E-state index is 14.1. The summed E-state index contributed by atoms with van der Waals surface area (Å²) in [6.45, 7) is 8.94. The average molecular weight is 372 g/mol. The zero-order valence-electron chi connectivity index (χ0n) is 15.1. The molecular weight excluding hydrogens is 344 g/mol. The fourth-order valence-corrected chi connectivity index (χ4v) is 4.24. The smallest absolute Gasteiger partial charge is 0.149 e. The molecule has 2 aliphatic rings. The first-order chi connectivity index (χ1) is 12.0. The minimum atomic E-state index is -0.616. The van der Waals surface area contributed by atoms with Gasteiger partial charge in [-0.1, -0.05) is 11.6 Å². The lowest BCUT2D eigenvalue weighted by Gasteiger charge is -2.42. The molecule has 0 saturated carbocycles. The number of piperazine rings is 1. The summed E-state index contributed by atoms with van der Waals surface area (Å²) in [5.41, 5.74) is 0.0954. The number of halogens is 3. The van der Waals surface area contributed by atoms with Crippen molar-refractivity contribution in [3.8, 4) is 0 Å². The second kappa shape index (κ2) is 8.30. The summed E-state index contributed by atoms with van der Waals surface area (Å²) in [5.74, 6) is -0.460. The minimum Gasteiger partial charge on any atom is -0.304 e. The van der Waals surface area contributed by atoms with Crippen LogP contribution in [0.1, 0.15) is 25.3 Å². The molecule has 0 aromatic heterocycles. The molecule has 6 heteroatoms. The van der Waals surface area contributed by atoms with Crippen molar-refractivity contribution < 1.29 is 8.78 Å². The average Bonchev–Trinajstić information content (AvgIpc) is 2.62. The number of nitrogens with zero attached hydrogens (tertiary/aromatic N) is 3. The summed E-state index contributed by atoms with van der Waals surface area (Å²) in [6.07, 6.45) is 2.16. The van der Waals surface area contributed by atoms with E-state index in [1.165, 1.54) is 12.1 Å². The fourth-order valence-electron chi connectivity index (χ4n) is 4.06. The quantitative estimate of drug-likeness (QED) is 0.750. The Morgan fingerprint density at radius 2 is 1.72 bits per heavy atom. The number of likely N-dealkylation sites (tertiary alicyclic amines) is 1. The predicted octanol–water partition coefficient (Wildman–Crippen LogP) is 3.47. The zero-order chi connectivity index (χ0) is 18.0. The largest absolute Gasteiger partial charge is 0.304 e. The third-order valence-electron chi connectivity index (χ3n) is 5.95. The lowest BCUT2D eigenvalue weighted by Crippen LogP contribution is -2.51. The van der Waals surface area contributed by atoms with E-state index < -0.39 is 11.6 Å². The van der Waals surface area contributed by atoms with Gasteiger partial charge >= 0.3 is 0 Å². The van der Waals surface area contributed by atoms with Crippen molar-refractivity contribution in [2.24, 2.45) is 5.92 Å². The van der Waals surface area contributed by atoms with Gasteiger partial charge in [-0.2, -0.15) is 0 Å². The van der Waals surface area contributed by atoms with Gasteiger partial charge in [0.05, 0.1) is 5.02 Å².